The van der Waals surface area contributed by atoms with Crippen LogP contribution >= 0.6 is 0 Å². The van der Waals surface area contributed by atoms with Crippen LogP contribution in [0, 0.1) is 0 Å². The Labute approximate surface area is 94.5 Å². The van der Waals surface area contributed by atoms with Gasteiger partial charge in [-0.3, -0.25) is 0 Å². The molecule has 16 heavy (non-hydrogen) atoms. The Morgan fingerprint density at radius 1 is 1.62 bits per heavy atom. The van der Waals surface area contributed by atoms with Gasteiger partial charge in [0.25, 0.3) is 0 Å². The van der Waals surface area contributed by atoms with Crippen molar-refractivity contribution in [1.82, 2.24) is 0 Å². The fourth-order valence-electron chi connectivity index (χ4n) is 1.44. The van der Waals surface area contributed by atoms with Crippen molar-refractivity contribution < 1.29 is 24.4 Å². The molecule has 0 aromatic rings. The first-order chi connectivity index (χ1) is 7.24. The quantitative estimate of drug-likeness (QED) is 0.435. The molecule has 4 unspecified atom stereocenters. The monoisotopic (exact) mass is 228 g/mol. The second kappa shape index (κ2) is 4.32. The molecule has 0 aromatic carbocycles. The molecular formula is C10H14BFO4. The summed E-state index contributed by atoms with van der Waals surface area (Å²) in [5, 5.41) is 28.4. The lowest BCUT2D eigenvalue weighted by Crippen LogP contribution is -2.53. The lowest BCUT2D eigenvalue weighted by atomic mass is 9.77. The normalized spacial score (nSPS) is 42.9. The van der Waals surface area contributed by atoms with Gasteiger partial charge in [0, 0.05) is 0 Å². The SMILES string of the molecule is [B]C1(F)OC(CO)C(O)C1(O)C=C=C(C)C. The molecule has 0 amide bonds. The van der Waals surface area contributed by atoms with Crippen LogP contribution in [-0.2, 0) is 4.74 Å². The lowest BCUT2D eigenvalue weighted by Gasteiger charge is -2.30. The third-order valence-corrected chi connectivity index (χ3v) is 2.43. The van der Waals surface area contributed by atoms with Gasteiger partial charge in [-0.2, -0.15) is 0 Å². The molecule has 0 saturated carbocycles. The van der Waals surface area contributed by atoms with E-state index in [0.717, 1.165) is 6.08 Å². The Morgan fingerprint density at radius 2 is 2.19 bits per heavy atom. The summed E-state index contributed by atoms with van der Waals surface area (Å²) in [6.07, 6.45) is -2.00. The first-order valence-corrected chi connectivity index (χ1v) is 4.82. The molecule has 4 nitrogen and oxygen atoms in total. The zero-order chi connectivity index (χ0) is 12.6. The predicted octanol–water partition coefficient (Wildman–Crippen LogP) is -0.617. The molecule has 0 spiro atoms. The van der Waals surface area contributed by atoms with Crippen molar-refractivity contribution in [3.8, 4) is 0 Å². The van der Waals surface area contributed by atoms with Crippen molar-refractivity contribution >= 4 is 7.85 Å². The summed E-state index contributed by atoms with van der Waals surface area (Å²) in [7, 11) is 5.11. The Morgan fingerprint density at radius 3 is 2.56 bits per heavy atom. The largest absolute Gasteiger partial charge is 0.394 e. The Hall–Kier alpha value is -0.645. The number of aliphatic hydroxyl groups is 3. The first kappa shape index (κ1) is 13.4. The van der Waals surface area contributed by atoms with E-state index in [9.17, 15) is 14.6 Å². The van der Waals surface area contributed by atoms with Gasteiger partial charge in [0.15, 0.2) is 19.2 Å². The molecule has 1 aliphatic rings. The highest BCUT2D eigenvalue weighted by Gasteiger charge is 2.61. The van der Waals surface area contributed by atoms with E-state index in [-0.39, 0.29) is 0 Å². The number of alkyl halides is 1. The number of halogens is 1. The number of ether oxygens (including phenoxy) is 1. The molecule has 1 aliphatic heterocycles. The van der Waals surface area contributed by atoms with Crippen molar-refractivity contribution in [2.24, 2.45) is 0 Å². The maximum Gasteiger partial charge on any atom is 0.195 e. The standard InChI is InChI=1S/C10H14BFO4/c1-6(2)3-4-9(15)8(14)7(5-13)16-10(9,11)12/h4,7-8,13-15H,5H2,1-2H3. The number of rotatable bonds is 2. The highest BCUT2D eigenvalue weighted by Crippen LogP contribution is 2.39. The van der Waals surface area contributed by atoms with E-state index < -0.39 is 30.2 Å². The average Bonchev–Trinajstić information content (AvgIpc) is 2.36. The van der Waals surface area contributed by atoms with Gasteiger partial charge in [-0.1, -0.05) is 0 Å². The Kier molecular flexibility index (Phi) is 3.62. The average molecular weight is 228 g/mol. The van der Waals surface area contributed by atoms with Gasteiger partial charge < -0.3 is 20.1 Å². The molecule has 1 rings (SSSR count). The molecule has 1 heterocycles. The summed E-state index contributed by atoms with van der Waals surface area (Å²) in [5.74, 6) is -2.96. The minimum atomic E-state index is -2.96. The van der Waals surface area contributed by atoms with E-state index >= 15 is 0 Å². The molecule has 3 N–H and O–H groups in total. The van der Waals surface area contributed by atoms with Crippen LogP contribution in [0.5, 0.6) is 0 Å². The van der Waals surface area contributed by atoms with Gasteiger partial charge in [0.05, 0.1) is 6.61 Å². The highest BCUT2D eigenvalue weighted by atomic mass is 19.2. The maximum atomic E-state index is 13.8. The summed E-state index contributed by atoms with van der Waals surface area (Å²) in [5.41, 5.74) is 0.810. The van der Waals surface area contributed by atoms with Gasteiger partial charge in [0.2, 0.25) is 0 Å². The molecular weight excluding hydrogens is 214 g/mol. The molecule has 6 heteroatoms. The number of aliphatic hydroxyl groups excluding tert-OH is 2. The van der Waals surface area contributed by atoms with Gasteiger partial charge >= 0.3 is 0 Å². The van der Waals surface area contributed by atoms with Gasteiger partial charge in [-0.15, -0.1) is 5.73 Å². The van der Waals surface area contributed by atoms with E-state index in [1.807, 2.05) is 0 Å². The van der Waals surface area contributed by atoms with Gasteiger partial charge in [-0.25, -0.2) is 4.39 Å². The Bertz CT molecular complexity index is 334. The van der Waals surface area contributed by atoms with E-state index in [2.05, 4.69) is 10.5 Å². The minimum Gasteiger partial charge on any atom is -0.394 e. The van der Waals surface area contributed by atoms with Crippen LogP contribution in [0.25, 0.3) is 0 Å². The van der Waals surface area contributed by atoms with Crippen molar-refractivity contribution in [2.75, 3.05) is 6.61 Å². The van der Waals surface area contributed by atoms with E-state index in [1.54, 1.807) is 13.8 Å². The van der Waals surface area contributed by atoms with E-state index in [0.29, 0.717) is 5.57 Å². The van der Waals surface area contributed by atoms with E-state index in [1.165, 1.54) is 0 Å². The summed E-state index contributed by atoms with van der Waals surface area (Å²) < 4.78 is 18.3. The van der Waals surface area contributed by atoms with Crippen LogP contribution in [0.3, 0.4) is 0 Å². The molecule has 4 atom stereocenters. The first-order valence-electron chi connectivity index (χ1n) is 4.82. The van der Waals surface area contributed by atoms with Crippen LogP contribution in [0.15, 0.2) is 17.4 Å². The maximum absolute atomic E-state index is 13.8. The second-order valence-electron chi connectivity index (χ2n) is 4.04. The molecule has 88 valence electrons. The van der Waals surface area contributed by atoms with Crippen LogP contribution in [0.2, 0.25) is 0 Å². The van der Waals surface area contributed by atoms with Crippen LogP contribution in [0.1, 0.15) is 13.8 Å². The highest BCUT2D eigenvalue weighted by molar-refractivity contribution is 6.14. The summed E-state index contributed by atoms with van der Waals surface area (Å²) >= 11 is 0. The second-order valence-corrected chi connectivity index (χ2v) is 4.04. The number of hydrogen-bond acceptors (Lipinski definition) is 4. The molecule has 0 aromatic heterocycles. The Balaban J connectivity index is 3.14. The molecule has 1 fully saturated rings. The fraction of sp³-hybridized carbons (Fsp3) is 0.700. The van der Waals surface area contributed by atoms with Crippen molar-refractivity contribution in [3.63, 3.8) is 0 Å². The summed E-state index contributed by atoms with van der Waals surface area (Å²) in [6.45, 7) is 2.72. The molecule has 0 bridgehead atoms. The van der Waals surface area contributed by atoms with Crippen molar-refractivity contribution in [2.45, 2.75) is 37.4 Å². The van der Waals surface area contributed by atoms with Crippen molar-refractivity contribution in [1.29, 1.82) is 0 Å². The zero-order valence-corrected chi connectivity index (χ0v) is 9.14. The topological polar surface area (TPSA) is 69.9 Å². The van der Waals surface area contributed by atoms with Gasteiger partial charge in [-0.05, 0) is 25.5 Å². The van der Waals surface area contributed by atoms with Crippen LogP contribution in [-0.4, -0.2) is 53.3 Å². The lowest BCUT2D eigenvalue weighted by molar-refractivity contribution is -0.144. The predicted molar refractivity (Wildman–Crippen MR) is 55.5 cm³/mol. The third kappa shape index (κ3) is 2.07. The van der Waals surface area contributed by atoms with E-state index in [4.69, 9.17) is 13.0 Å². The smallest absolute Gasteiger partial charge is 0.195 e. The van der Waals surface area contributed by atoms with Crippen molar-refractivity contribution in [3.05, 3.63) is 17.4 Å². The fourth-order valence-corrected chi connectivity index (χ4v) is 1.44. The third-order valence-electron chi connectivity index (χ3n) is 2.43. The van der Waals surface area contributed by atoms with Crippen LogP contribution in [0.4, 0.5) is 4.39 Å². The zero-order valence-electron chi connectivity index (χ0n) is 9.14. The van der Waals surface area contributed by atoms with Gasteiger partial charge in [0.1, 0.15) is 12.2 Å². The number of hydrogen-bond donors (Lipinski definition) is 3. The molecule has 2 radical (unpaired) electrons. The summed E-state index contributed by atoms with van der Waals surface area (Å²) in [6, 6.07) is 0. The minimum absolute atomic E-state index is 0.644. The molecule has 0 aliphatic carbocycles. The van der Waals surface area contributed by atoms with Crippen LogP contribution < -0.4 is 0 Å². The summed E-state index contributed by atoms with van der Waals surface area (Å²) in [4.78, 5) is 0. The molecule has 1 saturated heterocycles.